The maximum absolute atomic E-state index is 11.7. The molecule has 0 spiro atoms. The minimum Gasteiger partial charge on any atom is -0.369 e. The van der Waals surface area contributed by atoms with Crippen molar-refractivity contribution in [1.29, 1.82) is 0 Å². The third kappa shape index (κ3) is 5.86. The maximum atomic E-state index is 11.7. The molecular formula is C21H31ClN8O. The van der Waals surface area contributed by atoms with Gasteiger partial charge in [-0.25, -0.2) is 4.98 Å². The van der Waals surface area contributed by atoms with Crippen LogP contribution < -0.4 is 10.6 Å². The molecule has 0 aliphatic carbocycles. The number of hydrogen-bond donors (Lipinski definition) is 2. The second-order valence-corrected chi connectivity index (χ2v) is 8.63. The van der Waals surface area contributed by atoms with E-state index < -0.39 is 0 Å². The van der Waals surface area contributed by atoms with E-state index >= 15 is 0 Å². The molecule has 0 bridgehead atoms. The third-order valence-electron chi connectivity index (χ3n) is 5.85. The minimum atomic E-state index is 0.253. The van der Waals surface area contributed by atoms with Crippen LogP contribution in [0.2, 0.25) is 5.02 Å². The SMILES string of the molecule is Cc1nn(CCN2CCCC2)cc1Nc1ncc(Cl)c(NCCCN2CCCC2=O)n1. The maximum Gasteiger partial charge on any atom is 0.229 e. The third-order valence-corrected chi connectivity index (χ3v) is 6.13. The Morgan fingerprint density at radius 3 is 2.74 bits per heavy atom. The molecule has 0 saturated carbocycles. The van der Waals surface area contributed by atoms with Crippen LogP contribution in [0.5, 0.6) is 0 Å². The second-order valence-electron chi connectivity index (χ2n) is 8.22. The van der Waals surface area contributed by atoms with Crippen LogP contribution in [0, 0.1) is 6.92 Å². The van der Waals surface area contributed by atoms with Crippen molar-refractivity contribution in [2.24, 2.45) is 0 Å². The molecule has 4 heterocycles. The van der Waals surface area contributed by atoms with E-state index in [1.807, 2.05) is 22.7 Å². The van der Waals surface area contributed by atoms with Crippen molar-refractivity contribution in [1.82, 2.24) is 29.5 Å². The summed E-state index contributed by atoms with van der Waals surface area (Å²) in [5, 5.41) is 11.6. The van der Waals surface area contributed by atoms with Crippen molar-refractivity contribution in [2.75, 3.05) is 49.9 Å². The van der Waals surface area contributed by atoms with Crippen molar-refractivity contribution in [3.63, 3.8) is 0 Å². The summed E-state index contributed by atoms with van der Waals surface area (Å²) in [5.74, 6) is 1.32. The molecule has 0 radical (unpaired) electrons. The predicted molar refractivity (Wildman–Crippen MR) is 122 cm³/mol. The van der Waals surface area contributed by atoms with Gasteiger partial charge in [0.25, 0.3) is 0 Å². The first-order chi connectivity index (χ1) is 15.1. The summed E-state index contributed by atoms with van der Waals surface area (Å²) in [5.41, 5.74) is 1.80. The lowest BCUT2D eigenvalue weighted by molar-refractivity contribution is -0.127. The Balaban J connectivity index is 1.29. The van der Waals surface area contributed by atoms with Gasteiger partial charge in [-0.15, -0.1) is 0 Å². The average Bonchev–Trinajstić information content (AvgIpc) is 3.49. The molecule has 31 heavy (non-hydrogen) atoms. The Bertz CT molecular complexity index is 896. The molecule has 2 fully saturated rings. The summed E-state index contributed by atoms with van der Waals surface area (Å²) in [6, 6.07) is 0. The molecule has 10 heteroatoms. The highest BCUT2D eigenvalue weighted by molar-refractivity contribution is 6.32. The smallest absolute Gasteiger partial charge is 0.229 e. The van der Waals surface area contributed by atoms with E-state index in [1.54, 1.807) is 6.20 Å². The monoisotopic (exact) mass is 446 g/mol. The number of nitrogens with zero attached hydrogens (tertiary/aromatic N) is 6. The van der Waals surface area contributed by atoms with E-state index in [4.69, 9.17) is 11.6 Å². The van der Waals surface area contributed by atoms with E-state index in [0.29, 0.717) is 29.8 Å². The Kier molecular flexibility index (Phi) is 7.24. The summed E-state index contributed by atoms with van der Waals surface area (Å²) in [4.78, 5) is 24.9. The van der Waals surface area contributed by atoms with E-state index in [1.165, 1.54) is 25.9 Å². The molecule has 2 aliphatic rings. The first-order valence-electron chi connectivity index (χ1n) is 11.2. The molecule has 0 unspecified atom stereocenters. The number of rotatable bonds is 10. The van der Waals surface area contributed by atoms with E-state index in [0.717, 1.165) is 50.4 Å². The van der Waals surface area contributed by atoms with Gasteiger partial charge in [0.15, 0.2) is 0 Å². The van der Waals surface area contributed by atoms with Gasteiger partial charge in [-0.3, -0.25) is 9.48 Å². The Hall–Kier alpha value is -2.39. The Morgan fingerprint density at radius 1 is 1.13 bits per heavy atom. The van der Waals surface area contributed by atoms with Crippen molar-refractivity contribution in [2.45, 2.75) is 45.6 Å². The quantitative estimate of drug-likeness (QED) is 0.542. The molecular weight excluding hydrogens is 416 g/mol. The minimum absolute atomic E-state index is 0.253. The van der Waals surface area contributed by atoms with Crippen molar-refractivity contribution in [3.8, 4) is 0 Å². The van der Waals surface area contributed by atoms with Gasteiger partial charge in [-0.1, -0.05) is 11.6 Å². The number of carbonyl (C=O) groups is 1. The van der Waals surface area contributed by atoms with Gasteiger partial charge >= 0.3 is 0 Å². The van der Waals surface area contributed by atoms with Gasteiger partial charge < -0.3 is 20.4 Å². The second kappa shape index (κ2) is 10.3. The number of halogens is 1. The number of carbonyl (C=O) groups excluding carboxylic acids is 1. The number of amides is 1. The lowest BCUT2D eigenvalue weighted by Crippen LogP contribution is -2.27. The van der Waals surface area contributed by atoms with Crippen LogP contribution in [0.1, 0.15) is 37.8 Å². The van der Waals surface area contributed by atoms with Crippen LogP contribution in [-0.4, -0.2) is 74.7 Å². The first kappa shape index (κ1) is 21.8. The number of aromatic nitrogens is 4. The highest BCUT2D eigenvalue weighted by Gasteiger charge is 2.19. The highest BCUT2D eigenvalue weighted by Crippen LogP contribution is 2.23. The summed E-state index contributed by atoms with van der Waals surface area (Å²) >= 11 is 6.27. The van der Waals surface area contributed by atoms with E-state index in [-0.39, 0.29) is 5.91 Å². The summed E-state index contributed by atoms with van der Waals surface area (Å²) < 4.78 is 1.98. The zero-order valence-electron chi connectivity index (χ0n) is 18.1. The van der Waals surface area contributed by atoms with Gasteiger partial charge in [-0.2, -0.15) is 10.1 Å². The van der Waals surface area contributed by atoms with E-state index in [9.17, 15) is 4.79 Å². The van der Waals surface area contributed by atoms with Crippen molar-refractivity contribution in [3.05, 3.63) is 23.1 Å². The van der Waals surface area contributed by atoms with E-state index in [2.05, 4.69) is 30.6 Å². The van der Waals surface area contributed by atoms with Gasteiger partial charge in [0, 0.05) is 38.8 Å². The number of hydrogen-bond acceptors (Lipinski definition) is 7. The average molecular weight is 447 g/mol. The van der Waals surface area contributed by atoms with Gasteiger partial charge in [0.2, 0.25) is 11.9 Å². The molecule has 1 amide bonds. The fourth-order valence-electron chi connectivity index (χ4n) is 4.09. The fraction of sp³-hybridized carbons (Fsp3) is 0.619. The van der Waals surface area contributed by atoms with Crippen LogP contribution in [0.4, 0.5) is 17.5 Å². The van der Waals surface area contributed by atoms with Crippen LogP contribution in [0.25, 0.3) is 0 Å². The molecule has 0 atom stereocenters. The lowest BCUT2D eigenvalue weighted by Gasteiger charge is -2.15. The lowest BCUT2D eigenvalue weighted by atomic mass is 10.4. The summed E-state index contributed by atoms with van der Waals surface area (Å²) in [6.07, 6.45) is 8.68. The zero-order chi connectivity index (χ0) is 21.6. The van der Waals surface area contributed by atoms with Crippen LogP contribution in [0.15, 0.2) is 12.4 Å². The topological polar surface area (TPSA) is 91.2 Å². The zero-order valence-corrected chi connectivity index (χ0v) is 18.9. The first-order valence-corrected chi connectivity index (χ1v) is 11.5. The highest BCUT2D eigenvalue weighted by atomic mass is 35.5. The number of nitrogens with one attached hydrogen (secondary N) is 2. The van der Waals surface area contributed by atoms with Gasteiger partial charge in [0.1, 0.15) is 10.8 Å². The molecule has 0 aromatic carbocycles. The van der Waals surface area contributed by atoms with Crippen molar-refractivity contribution < 1.29 is 4.79 Å². The van der Waals surface area contributed by atoms with Gasteiger partial charge in [-0.05, 0) is 45.7 Å². The largest absolute Gasteiger partial charge is 0.369 e. The number of anilines is 3. The van der Waals surface area contributed by atoms with Crippen LogP contribution in [0.3, 0.4) is 0 Å². The van der Waals surface area contributed by atoms with Gasteiger partial charge in [0.05, 0.1) is 24.1 Å². The predicted octanol–water partition coefficient (Wildman–Crippen LogP) is 2.90. The normalized spacial score (nSPS) is 17.0. The molecule has 2 aromatic heterocycles. The molecule has 2 aliphatic heterocycles. The Labute approximate surface area is 188 Å². The number of aryl methyl sites for hydroxylation is 1. The molecule has 9 nitrogen and oxygen atoms in total. The number of likely N-dealkylation sites (tertiary alicyclic amines) is 2. The van der Waals surface area contributed by atoms with Crippen molar-refractivity contribution >= 4 is 35.0 Å². The summed E-state index contributed by atoms with van der Waals surface area (Å²) in [6.45, 7) is 8.56. The molecule has 2 aromatic rings. The molecule has 2 saturated heterocycles. The fourth-order valence-corrected chi connectivity index (χ4v) is 4.25. The molecule has 4 rings (SSSR count). The standard InChI is InChI=1S/C21H31ClN8O/c1-16-18(15-30(27-16)13-12-28-8-2-3-9-28)25-21-24-14-17(22)20(26-21)23-7-5-11-29-10-4-6-19(29)31/h14-15H,2-13H2,1H3,(H2,23,24,25,26). The van der Waals surface area contributed by atoms with Crippen LogP contribution in [-0.2, 0) is 11.3 Å². The summed E-state index contributed by atoms with van der Waals surface area (Å²) in [7, 11) is 0. The molecule has 168 valence electrons. The Morgan fingerprint density at radius 2 is 1.97 bits per heavy atom. The molecule has 2 N–H and O–H groups in total. The van der Waals surface area contributed by atoms with Crippen LogP contribution >= 0.6 is 11.6 Å².